The first kappa shape index (κ1) is 17.0. The zero-order chi connectivity index (χ0) is 19.6. The van der Waals surface area contributed by atoms with E-state index in [4.69, 9.17) is 0 Å². The molecule has 5 rings (SSSR count). The van der Waals surface area contributed by atoms with E-state index in [1.807, 2.05) is 36.4 Å². The third-order valence-corrected chi connectivity index (χ3v) is 5.95. The number of nitrogens with one attached hydrogen (secondary N) is 1. The molecule has 1 atom stereocenters. The van der Waals surface area contributed by atoms with Gasteiger partial charge >= 0.3 is 0 Å². The van der Waals surface area contributed by atoms with Crippen molar-refractivity contribution in [1.82, 2.24) is 5.32 Å². The molecular formula is C24H21NO3. The molecule has 0 aromatic heterocycles. The first-order valence-corrected chi connectivity index (χ1v) is 9.56. The van der Waals surface area contributed by atoms with Gasteiger partial charge in [-0.2, -0.15) is 0 Å². The number of benzene rings is 2. The van der Waals surface area contributed by atoms with Crippen molar-refractivity contribution in [3.8, 4) is 5.75 Å². The molecular weight excluding hydrogens is 350 g/mol. The Balaban J connectivity index is 1.75. The lowest BCUT2D eigenvalue weighted by Gasteiger charge is -2.39. The number of ketones is 2. The summed E-state index contributed by atoms with van der Waals surface area (Å²) in [4.78, 5) is 26.5. The Hall–Kier alpha value is -3.14. The summed E-state index contributed by atoms with van der Waals surface area (Å²) >= 11 is 0. The van der Waals surface area contributed by atoms with E-state index in [1.165, 1.54) is 0 Å². The minimum Gasteiger partial charge on any atom is -0.508 e. The van der Waals surface area contributed by atoms with E-state index in [9.17, 15) is 14.7 Å². The Bertz CT molecular complexity index is 1100. The number of fused-ring (bicyclic) bond motifs is 2. The summed E-state index contributed by atoms with van der Waals surface area (Å²) in [5.74, 6) is -0.180. The van der Waals surface area contributed by atoms with Crippen LogP contribution in [0.3, 0.4) is 0 Å². The summed E-state index contributed by atoms with van der Waals surface area (Å²) in [6.07, 6.45) is 1.22. The SMILES string of the molecule is CC1(C)CC(=O)C2=C(C1)NC1=C(C(=O)c3ccccc31)[C@@H]2c1ccc(O)cc1. The van der Waals surface area contributed by atoms with Crippen molar-refractivity contribution in [2.24, 2.45) is 5.41 Å². The Morgan fingerprint density at radius 1 is 0.929 bits per heavy atom. The van der Waals surface area contributed by atoms with E-state index in [2.05, 4.69) is 19.2 Å². The highest BCUT2D eigenvalue weighted by Gasteiger charge is 2.46. The Labute approximate surface area is 163 Å². The standard InChI is InChI=1S/C24H21NO3/c1-24(2)11-17-20(18(27)12-24)19(13-7-9-14(26)10-8-13)21-22(25-17)15-5-3-4-6-16(15)23(21)28/h3-10,19,25-26H,11-12H2,1-2H3/t19-/m1/s1. The number of Topliss-reactive ketones (excluding diaryl/α,β-unsaturated/α-hetero) is 2. The van der Waals surface area contributed by atoms with Gasteiger partial charge < -0.3 is 10.4 Å². The summed E-state index contributed by atoms with van der Waals surface area (Å²) in [7, 11) is 0. The summed E-state index contributed by atoms with van der Waals surface area (Å²) in [5.41, 5.74) is 5.38. The molecule has 2 aromatic carbocycles. The van der Waals surface area contributed by atoms with Crippen LogP contribution in [0.25, 0.3) is 5.70 Å². The van der Waals surface area contributed by atoms with Gasteiger partial charge in [0, 0.05) is 40.3 Å². The first-order chi connectivity index (χ1) is 13.4. The van der Waals surface area contributed by atoms with Crippen LogP contribution in [-0.2, 0) is 4.79 Å². The molecule has 4 heteroatoms. The van der Waals surface area contributed by atoms with Gasteiger partial charge in [-0.25, -0.2) is 0 Å². The average Bonchev–Trinajstić information content (AvgIpc) is 2.93. The molecule has 0 bridgehead atoms. The summed E-state index contributed by atoms with van der Waals surface area (Å²) < 4.78 is 0. The second-order valence-electron chi connectivity index (χ2n) is 8.65. The number of hydrogen-bond donors (Lipinski definition) is 2. The first-order valence-electron chi connectivity index (χ1n) is 9.56. The number of hydrogen-bond acceptors (Lipinski definition) is 4. The molecule has 0 radical (unpaired) electrons. The summed E-state index contributed by atoms with van der Waals surface area (Å²) in [5, 5.41) is 13.2. The van der Waals surface area contributed by atoms with Crippen LogP contribution in [0.15, 0.2) is 65.4 Å². The number of aromatic hydroxyl groups is 1. The van der Waals surface area contributed by atoms with Gasteiger partial charge in [0.1, 0.15) is 5.75 Å². The number of phenols is 1. The van der Waals surface area contributed by atoms with Crippen LogP contribution in [0.1, 0.15) is 54.1 Å². The van der Waals surface area contributed by atoms with Crippen LogP contribution < -0.4 is 5.32 Å². The molecule has 0 unspecified atom stereocenters. The van der Waals surface area contributed by atoms with Gasteiger partial charge in [-0.05, 0) is 29.5 Å². The molecule has 4 nitrogen and oxygen atoms in total. The van der Waals surface area contributed by atoms with Crippen molar-refractivity contribution in [1.29, 1.82) is 0 Å². The quantitative estimate of drug-likeness (QED) is 0.783. The second kappa shape index (κ2) is 5.68. The topological polar surface area (TPSA) is 66.4 Å². The third-order valence-electron chi connectivity index (χ3n) is 5.95. The van der Waals surface area contributed by atoms with Gasteiger partial charge in [0.15, 0.2) is 11.6 Å². The van der Waals surface area contributed by atoms with Gasteiger partial charge in [0.2, 0.25) is 0 Å². The second-order valence-corrected chi connectivity index (χ2v) is 8.65. The highest BCUT2D eigenvalue weighted by molar-refractivity contribution is 6.23. The van der Waals surface area contributed by atoms with Crippen molar-refractivity contribution in [2.75, 3.05) is 0 Å². The molecule has 2 aromatic rings. The van der Waals surface area contributed by atoms with Gasteiger partial charge in [0.05, 0.1) is 5.70 Å². The Kier molecular flexibility index (Phi) is 3.45. The molecule has 140 valence electrons. The van der Waals surface area contributed by atoms with Crippen LogP contribution >= 0.6 is 0 Å². The van der Waals surface area contributed by atoms with Crippen molar-refractivity contribution in [3.05, 3.63) is 82.1 Å². The predicted molar refractivity (Wildman–Crippen MR) is 107 cm³/mol. The van der Waals surface area contributed by atoms with Gasteiger partial charge in [-0.1, -0.05) is 50.2 Å². The molecule has 3 aliphatic rings. The molecule has 0 fully saturated rings. The highest BCUT2D eigenvalue weighted by Crippen LogP contribution is 2.51. The summed E-state index contributed by atoms with van der Waals surface area (Å²) in [6.45, 7) is 4.20. The number of rotatable bonds is 1. The van der Waals surface area contributed by atoms with Crippen LogP contribution in [0.2, 0.25) is 0 Å². The number of allylic oxidation sites excluding steroid dienone is 3. The van der Waals surface area contributed by atoms with E-state index in [-0.39, 0.29) is 22.7 Å². The van der Waals surface area contributed by atoms with Crippen molar-refractivity contribution in [2.45, 2.75) is 32.6 Å². The fraction of sp³-hybridized carbons (Fsp3) is 0.250. The van der Waals surface area contributed by atoms with Crippen molar-refractivity contribution < 1.29 is 14.7 Å². The zero-order valence-corrected chi connectivity index (χ0v) is 15.9. The fourth-order valence-electron chi connectivity index (χ4n) is 4.79. The van der Waals surface area contributed by atoms with E-state index in [0.29, 0.717) is 23.1 Å². The maximum Gasteiger partial charge on any atom is 0.192 e. The van der Waals surface area contributed by atoms with E-state index < -0.39 is 5.92 Å². The van der Waals surface area contributed by atoms with Gasteiger partial charge in [-0.3, -0.25) is 9.59 Å². The number of carbonyl (C=O) groups is 2. The molecule has 0 amide bonds. The number of carbonyl (C=O) groups excluding carboxylic acids is 2. The lowest BCUT2D eigenvalue weighted by molar-refractivity contribution is -0.118. The number of phenolic OH excluding ortho intramolecular Hbond substituents is 1. The molecule has 0 saturated carbocycles. The maximum atomic E-state index is 13.3. The monoisotopic (exact) mass is 371 g/mol. The molecule has 1 heterocycles. The van der Waals surface area contributed by atoms with Gasteiger partial charge in [-0.15, -0.1) is 0 Å². The molecule has 0 spiro atoms. The highest BCUT2D eigenvalue weighted by atomic mass is 16.3. The lowest BCUT2D eigenvalue weighted by Crippen LogP contribution is -2.37. The van der Waals surface area contributed by atoms with E-state index in [1.54, 1.807) is 12.1 Å². The fourth-order valence-corrected chi connectivity index (χ4v) is 4.79. The minimum absolute atomic E-state index is 0.0274. The summed E-state index contributed by atoms with van der Waals surface area (Å²) in [6, 6.07) is 14.4. The molecule has 28 heavy (non-hydrogen) atoms. The normalized spacial score (nSPS) is 22.6. The average molecular weight is 371 g/mol. The maximum absolute atomic E-state index is 13.3. The predicted octanol–water partition coefficient (Wildman–Crippen LogP) is 4.33. The Morgan fingerprint density at radius 2 is 1.61 bits per heavy atom. The van der Waals surface area contributed by atoms with E-state index in [0.717, 1.165) is 28.9 Å². The largest absolute Gasteiger partial charge is 0.508 e. The van der Waals surface area contributed by atoms with Crippen LogP contribution in [-0.4, -0.2) is 16.7 Å². The van der Waals surface area contributed by atoms with Gasteiger partial charge in [0.25, 0.3) is 0 Å². The Morgan fingerprint density at radius 3 is 2.32 bits per heavy atom. The van der Waals surface area contributed by atoms with Crippen LogP contribution in [0.4, 0.5) is 0 Å². The molecule has 0 saturated heterocycles. The van der Waals surface area contributed by atoms with Crippen molar-refractivity contribution >= 4 is 17.3 Å². The molecule has 2 aliphatic carbocycles. The van der Waals surface area contributed by atoms with Crippen LogP contribution in [0, 0.1) is 5.41 Å². The van der Waals surface area contributed by atoms with Crippen LogP contribution in [0.5, 0.6) is 5.75 Å². The smallest absolute Gasteiger partial charge is 0.192 e. The molecule has 2 N–H and O–H groups in total. The van der Waals surface area contributed by atoms with E-state index >= 15 is 0 Å². The minimum atomic E-state index is -0.407. The lowest BCUT2D eigenvalue weighted by atomic mass is 9.68. The third kappa shape index (κ3) is 2.37. The van der Waals surface area contributed by atoms with Crippen molar-refractivity contribution in [3.63, 3.8) is 0 Å². The number of dihydropyridines is 1. The zero-order valence-electron chi connectivity index (χ0n) is 15.9. The molecule has 1 aliphatic heterocycles.